The van der Waals surface area contributed by atoms with E-state index in [0.717, 1.165) is 28.2 Å². The number of nitrogens with zero attached hydrogens (tertiary/aromatic N) is 2. The second kappa shape index (κ2) is 6.45. The molecule has 1 aromatic rings. The van der Waals surface area contributed by atoms with Gasteiger partial charge in [0.2, 0.25) is 5.13 Å². The lowest BCUT2D eigenvalue weighted by molar-refractivity contribution is -0.929. The van der Waals surface area contributed by atoms with E-state index in [1.807, 2.05) is 10.8 Å². The fourth-order valence-electron chi connectivity index (χ4n) is 2.18. The van der Waals surface area contributed by atoms with Crippen LogP contribution in [-0.2, 0) is 6.67 Å². The number of quaternary nitrogens is 1. The molecule has 100 valence electrons. The highest BCUT2D eigenvalue weighted by molar-refractivity contribution is 7.73. The number of likely N-dealkylation sites (tertiary alicyclic amines) is 1. The van der Waals surface area contributed by atoms with Crippen molar-refractivity contribution in [1.82, 2.24) is 9.78 Å². The quantitative estimate of drug-likeness (QED) is 0.636. The van der Waals surface area contributed by atoms with Crippen molar-refractivity contribution in [3.8, 4) is 0 Å². The van der Waals surface area contributed by atoms with Crippen LogP contribution in [0.5, 0.6) is 0 Å². The van der Waals surface area contributed by atoms with Gasteiger partial charge in [0.15, 0.2) is 10.6 Å². The van der Waals surface area contributed by atoms with Gasteiger partial charge in [-0.3, -0.25) is 0 Å². The minimum atomic E-state index is 0.733. The molecule has 1 aliphatic rings. The largest absolute Gasteiger partial charge is 0.357 e. The summed E-state index contributed by atoms with van der Waals surface area (Å²) in [6.07, 6.45) is 4.45. The van der Waals surface area contributed by atoms with Gasteiger partial charge in [0.05, 0.1) is 13.1 Å². The fraction of sp³-hybridized carbons (Fsp3) is 0.667. The standard InChI is InChI=1S/C12H20N4S2/c1-3-6-13-11-14-16(12(17)18-11)9-15-7-4-10(2)5-8-15/h3,10H,1,4-9H2,2H3,(H,13,14)/p+1. The van der Waals surface area contributed by atoms with E-state index in [1.165, 1.54) is 37.3 Å². The van der Waals surface area contributed by atoms with Crippen LogP contribution in [0.15, 0.2) is 12.7 Å². The highest BCUT2D eigenvalue weighted by Crippen LogP contribution is 2.13. The molecule has 0 spiro atoms. The molecule has 0 radical (unpaired) electrons. The van der Waals surface area contributed by atoms with Crippen LogP contribution in [0.3, 0.4) is 0 Å². The number of anilines is 1. The Bertz CT molecular complexity index is 443. The number of piperidine rings is 1. The SMILES string of the molecule is C=CCNc1nn(C[NH+]2CCC(C)CC2)c(=S)s1. The van der Waals surface area contributed by atoms with Crippen molar-refractivity contribution >= 4 is 28.7 Å². The second-order valence-electron chi connectivity index (χ2n) is 4.93. The predicted octanol–water partition coefficient (Wildman–Crippen LogP) is 1.54. The molecule has 0 atom stereocenters. The predicted molar refractivity (Wildman–Crippen MR) is 78.7 cm³/mol. The van der Waals surface area contributed by atoms with E-state index in [0.29, 0.717) is 0 Å². The molecule has 1 aromatic heterocycles. The van der Waals surface area contributed by atoms with Gasteiger partial charge in [-0.05, 0) is 31.0 Å². The summed E-state index contributed by atoms with van der Waals surface area (Å²) in [4.78, 5) is 1.59. The lowest BCUT2D eigenvalue weighted by atomic mass is 10.00. The Morgan fingerprint density at radius 1 is 1.61 bits per heavy atom. The number of nitrogens with one attached hydrogen (secondary N) is 2. The zero-order valence-corrected chi connectivity index (χ0v) is 12.4. The van der Waals surface area contributed by atoms with E-state index >= 15 is 0 Å². The summed E-state index contributed by atoms with van der Waals surface area (Å²) in [5.74, 6) is 0.877. The van der Waals surface area contributed by atoms with Crippen molar-refractivity contribution in [1.29, 1.82) is 0 Å². The molecule has 2 N–H and O–H groups in total. The Kier molecular flexibility index (Phi) is 4.91. The summed E-state index contributed by atoms with van der Waals surface area (Å²) < 4.78 is 2.81. The summed E-state index contributed by atoms with van der Waals surface area (Å²) in [6, 6.07) is 0. The average Bonchev–Trinajstić information content (AvgIpc) is 2.70. The number of hydrogen-bond acceptors (Lipinski definition) is 4. The minimum Gasteiger partial charge on any atom is -0.357 e. The molecule has 4 nitrogen and oxygen atoms in total. The lowest BCUT2D eigenvalue weighted by Gasteiger charge is -2.26. The van der Waals surface area contributed by atoms with Gasteiger partial charge in [0.1, 0.15) is 0 Å². The zero-order valence-electron chi connectivity index (χ0n) is 10.8. The van der Waals surface area contributed by atoms with Crippen molar-refractivity contribution < 1.29 is 4.90 Å². The normalized spacial score (nSPS) is 23.8. The molecule has 6 heteroatoms. The van der Waals surface area contributed by atoms with Gasteiger partial charge in [-0.15, -0.1) is 11.7 Å². The molecular weight excluding hydrogens is 264 g/mol. The molecule has 0 aliphatic carbocycles. The Balaban J connectivity index is 1.94. The van der Waals surface area contributed by atoms with E-state index in [4.69, 9.17) is 12.2 Å². The smallest absolute Gasteiger partial charge is 0.205 e. The third kappa shape index (κ3) is 3.63. The minimum absolute atomic E-state index is 0.733. The molecule has 2 rings (SSSR count). The molecular formula is C12H21N4S2+. The molecule has 0 saturated carbocycles. The molecule has 1 saturated heterocycles. The lowest BCUT2D eigenvalue weighted by Crippen LogP contribution is -3.12. The van der Waals surface area contributed by atoms with Crippen LogP contribution in [0.1, 0.15) is 19.8 Å². The van der Waals surface area contributed by atoms with Crippen LogP contribution >= 0.6 is 23.6 Å². The molecule has 18 heavy (non-hydrogen) atoms. The monoisotopic (exact) mass is 285 g/mol. The second-order valence-corrected chi connectivity index (χ2v) is 6.56. The van der Waals surface area contributed by atoms with Gasteiger partial charge in [-0.1, -0.05) is 24.3 Å². The topological polar surface area (TPSA) is 34.3 Å². The van der Waals surface area contributed by atoms with Crippen molar-refractivity contribution in [3.05, 3.63) is 16.6 Å². The molecule has 0 bridgehead atoms. The summed E-state index contributed by atoms with van der Waals surface area (Å²) in [6.45, 7) is 10.1. The van der Waals surface area contributed by atoms with Crippen molar-refractivity contribution in [2.45, 2.75) is 26.4 Å². The highest BCUT2D eigenvalue weighted by atomic mass is 32.1. The first-order chi connectivity index (χ1) is 8.69. The number of rotatable bonds is 5. The zero-order chi connectivity index (χ0) is 13.0. The Labute approximate surface area is 117 Å². The van der Waals surface area contributed by atoms with Crippen LogP contribution in [0.4, 0.5) is 5.13 Å². The maximum atomic E-state index is 5.35. The van der Waals surface area contributed by atoms with E-state index < -0.39 is 0 Å². The van der Waals surface area contributed by atoms with E-state index in [2.05, 4.69) is 23.9 Å². The molecule has 0 amide bonds. The molecule has 1 fully saturated rings. The van der Waals surface area contributed by atoms with Crippen LogP contribution in [0, 0.1) is 9.87 Å². The fourth-order valence-corrected chi connectivity index (χ4v) is 3.19. The van der Waals surface area contributed by atoms with Gasteiger partial charge >= 0.3 is 0 Å². The summed E-state index contributed by atoms with van der Waals surface area (Å²) >= 11 is 6.89. The summed E-state index contributed by atoms with van der Waals surface area (Å²) in [5, 5.41) is 8.60. The van der Waals surface area contributed by atoms with E-state index in [-0.39, 0.29) is 0 Å². The molecule has 2 heterocycles. The van der Waals surface area contributed by atoms with Gasteiger partial charge < -0.3 is 10.2 Å². The number of hydrogen-bond donors (Lipinski definition) is 2. The van der Waals surface area contributed by atoms with E-state index in [1.54, 1.807) is 4.90 Å². The maximum Gasteiger partial charge on any atom is 0.205 e. The first-order valence-corrected chi connectivity index (χ1v) is 7.68. The summed E-state index contributed by atoms with van der Waals surface area (Å²) in [5.41, 5.74) is 0. The maximum absolute atomic E-state index is 5.35. The van der Waals surface area contributed by atoms with Crippen LogP contribution in [0.25, 0.3) is 0 Å². The molecule has 0 aromatic carbocycles. The van der Waals surface area contributed by atoms with Crippen molar-refractivity contribution in [2.75, 3.05) is 25.0 Å². The van der Waals surface area contributed by atoms with E-state index in [9.17, 15) is 0 Å². The van der Waals surface area contributed by atoms with Gasteiger partial charge in [0.25, 0.3) is 0 Å². The number of aromatic nitrogens is 2. The Morgan fingerprint density at radius 2 is 2.33 bits per heavy atom. The first-order valence-electron chi connectivity index (χ1n) is 6.45. The molecule has 0 unspecified atom stereocenters. The third-order valence-electron chi connectivity index (χ3n) is 3.36. The van der Waals surface area contributed by atoms with Crippen LogP contribution < -0.4 is 10.2 Å². The van der Waals surface area contributed by atoms with Gasteiger partial charge in [-0.2, -0.15) is 4.68 Å². The van der Waals surface area contributed by atoms with Crippen LogP contribution in [0.2, 0.25) is 0 Å². The van der Waals surface area contributed by atoms with Gasteiger partial charge in [-0.25, -0.2) is 0 Å². The Morgan fingerprint density at radius 3 is 3.00 bits per heavy atom. The van der Waals surface area contributed by atoms with Crippen LogP contribution in [-0.4, -0.2) is 29.4 Å². The first kappa shape index (κ1) is 13.7. The average molecular weight is 285 g/mol. The Hall–Kier alpha value is -0.720. The van der Waals surface area contributed by atoms with Crippen molar-refractivity contribution in [3.63, 3.8) is 0 Å². The summed E-state index contributed by atoms with van der Waals surface area (Å²) in [7, 11) is 0. The molecule has 1 aliphatic heterocycles. The highest BCUT2D eigenvalue weighted by Gasteiger charge is 2.19. The third-order valence-corrected chi connectivity index (χ3v) is 4.62. The van der Waals surface area contributed by atoms with Gasteiger partial charge in [0, 0.05) is 6.54 Å². The van der Waals surface area contributed by atoms with Crippen molar-refractivity contribution in [2.24, 2.45) is 5.92 Å².